The first-order valence-electron chi connectivity index (χ1n) is 9.13. The highest BCUT2D eigenvalue weighted by Crippen LogP contribution is 2.39. The van der Waals surface area contributed by atoms with E-state index in [4.69, 9.17) is 11.0 Å². The molecule has 0 saturated carbocycles. The number of aromatic nitrogens is 1. The van der Waals surface area contributed by atoms with E-state index in [2.05, 4.69) is 9.98 Å². The first kappa shape index (κ1) is 22.5. The smallest absolute Gasteiger partial charge is 0.165 e. The third kappa shape index (κ3) is 3.93. The minimum Gasteiger partial charge on any atom is -0.386 e. The lowest BCUT2D eigenvalue weighted by molar-refractivity contribution is 0.323. The number of hydrogen-bond donors (Lipinski definition) is 1. The molecule has 6 nitrogen and oxygen atoms in total. The van der Waals surface area contributed by atoms with Crippen molar-refractivity contribution < 1.29 is 21.6 Å². The standard InChI is InChI=1S/C21H19F3N4O2S/c1-20(2)19(26)28-21(11-22,12-31(20,29)30)15-7-13(3-5-16(15)23)8-17(24)18-6-4-14(9-25)10-27-18/h3-8,10H,11-12H2,1-2H3,(H2,26,28)/b17-8-/t21-/m0/s1. The van der Waals surface area contributed by atoms with Gasteiger partial charge in [0.05, 0.1) is 17.0 Å². The van der Waals surface area contributed by atoms with Crippen molar-refractivity contribution in [2.24, 2.45) is 10.7 Å². The van der Waals surface area contributed by atoms with Crippen LogP contribution in [0.4, 0.5) is 13.2 Å². The average molecular weight is 448 g/mol. The lowest BCUT2D eigenvalue weighted by Gasteiger charge is -2.38. The Morgan fingerprint density at radius 1 is 1.32 bits per heavy atom. The average Bonchev–Trinajstić information content (AvgIpc) is 2.73. The van der Waals surface area contributed by atoms with Gasteiger partial charge in [-0.2, -0.15) is 5.26 Å². The zero-order chi connectivity index (χ0) is 23.0. The van der Waals surface area contributed by atoms with Gasteiger partial charge in [-0.25, -0.2) is 21.6 Å². The fourth-order valence-electron chi connectivity index (χ4n) is 3.14. The molecule has 1 aliphatic heterocycles. The number of nitrogens with two attached hydrogens (primary N) is 1. The molecule has 2 heterocycles. The van der Waals surface area contributed by atoms with E-state index in [1.807, 2.05) is 6.07 Å². The molecule has 2 N–H and O–H groups in total. The predicted octanol–water partition coefficient (Wildman–Crippen LogP) is 3.29. The molecule has 0 spiro atoms. The molecule has 31 heavy (non-hydrogen) atoms. The van der Waals surface area contributed by atoms with Crippen molar-refractivity contribution in [2.75, 3.05) is 12.4 Å². The molecule has 0 unspecified atom stereocenters. The number of hydrogen-bond acceptors (Lipinski definition) is 6. The molecule has 0 radical (unpaired) electrons. The molecule has 1 aromatic heterocycles. The summed E-state index contributed by atoms with van der Waals surface area (Å²) < 4.78 is 67.4. The molecule has 0 bridgehead atoms. The maximum atomic E-state index is 14.7. The number of pyridine rings is 1. The van der Waals surface area contributed by atoms with E-state index in [1.165, 1.54) is 38.2 Å². The number of amidine groups is 1. The van der Waals surface area contributed by atoms with Crippen LogP contribution in [0.25, 0.3) is 11.9 Å². The Morgan fingerprint density at radius 3 is 2.58 bits per heavy atom. The first-order valence-corrected chi connectivity index (χ1v) is 10.8. The Balaban J connectivity index is 2.10. The van der Waals surface area contributed by atoms with Crippen LogP contribution in [0, 0.1) is 17.1 Å². The summed E-state index contributed by atoms with van der Waals surface area (Å²) in [7, 11) is -3.97. The van der Waals surface area contributed by atoms with Gasteiger partial charge in [0.15, 0.2) is 9.84 Å². The van der Waals surface area contributed by atoms with Gasteiger partial charge in [-0.1, -0.05) is 6.07 Å². The van der Waals surface area contributed by atoms with Crippen molar-refractivity contribution in [3.8, 4) is 6.07 Å². The minimum absolute atomic E-state index is 0.0608. The molecule has 3 rings (SSSR count). The predicted molar refractivity (Wildman–Crippen MR) is 111 cm³/mol. The summed E-state index contributed by atoms with van der Waals surface area (Å²) in [4.78, 5) is 7.88. The number of aliphatic imine (C=N–C) groups is 1. The van der Waals surface area contributed by atoms with Crippen LogP contribution in [0.5, 0.6) is 0 Å². The fraction of sp³-hybridized carbons (Fsp3) is 0.286. The number of nitriles is 1. The normalized spacial score (nSPS) is 22.5. The SMILES string of the molecule is CC1(C)C(N)=N[C@](CF)(c2cc(/C=C(\F)c3ccc(C#N)cn3)ccc2F)CS1(=O)=O. The van der Waals surface area contributed by atoms with E-state index in [-0.39, 0.29) is 28.2 Å². The molecule has 162 valence electrons. The Hall–Kier alpha value is -3.19. The Kier molecular flexibility index (Phi) is 5.67. The number of sulfone groups is 1. The lowest BCUT2D eigenvalue weighted by atomic mass is 9.90. The van der Waals surface area contributed by atoms with E-state index in [9.17, 15) is 21.6 Å². The molecule has 0 fully saturated rings. The maximum Gasteiger partial charge on any atom is 0.165 e. The first-order chi connectivity index (χ1) is 14.5. The maximum absolute atomic E-state index is 14.7. The van der Waals surface area contributed by atoms with Crippen LogP contribution < -0.4 is 5.73 Å². The highest BCUT2D eigenvalue weighted by atomic mass is 32.2. The number of rotatable bonds is 4. The molecule has 0 aliphatic carbocycles. The Bertz CT molecular complexity index is 1230. The largest absolute Gasteiger partial charge is 0.386 e. The molecular formula is C21H19F3N4O2S. The van der Waals surface area contributed by atoms with Crippen LogP contribution >= 0.6 is 0 Å². The van der Waals surface area contributed by atoms with Gasteiger partial charge in [0.2, 0.25) is 0 Å². The van der Waals surface area contributed by atoms with Gasteiger partial charge in [-0.05, 0) is 49.8 Å². The summed E-state index contributed by atoms with van der Waals surface area (Å²) in [6.07, 6.45) is 2.24. The van der Waals surface area contributed by atoms with Gasteiger partial charge in [-0.15, -0.1) is 0 Å². The van der Waals surface area contributed by atoms with Crippen LogP contribution in [0.2, 0.25) is 0 Å². The fourth-order valence-corrected chi connectivity index (χ4v) is 4.79. The number of halogens is 3. The summed E-state index contributed by atoms with van der Waals surface area (Å²) in [6.45, 7) is 1.38. The summed E-state index contributed by atoms with van der Waals surface area (Å²) in [6, 6.07) is 7.93. The zero-order valence-corrected chi connectivity index (χ0v) is 17.5. The van der Waals surface area contributed by atoms with Crippen molar-refractivity contribution >= 4 is 27.6 Å². The van der Waals surface area contributed by atoms with Gasteiger partial charge in [0.1, 0.15) is 40.5 Å². The monoisotopic (exact) mass is 448 g/mol. The van der Waals surface area contributed by atoms with Crippen molar-refractivity contribution in [3.63, 3.8) is 0 Å². The molecule has 1 aliphatic rings. The van der Waals surface area contributed by atoms with Gasteiger partial charge < -0.3 is 5.73 Å². The molecule has 1 aromatic carbocycles. The molecule has 10 heteroatoms. The molecular weight excluding hydrogens is 429 g/mol. The van der Waals surface area contributed by atoms with E-state index in [0.717, 1.165) is 18.2 Å². The molecule has 0 saturated heterocycles. The topological polar surface area (TPSA) is 109 Å². The molecule has 0 amide bonds. The van der Waals surface area contributed by atoms with Crippen LogP contribution in [-0.4, -0.2) is 36.4 Å². The van der Waals surface area contributed by atoms with Crippen molar-refractivity contribution in [1.82, 2.24) is 4.98 Å². The van der Waals surface area contributed by atoms with Crippen LogP contribution in [0.3, 0.4) is 0 Å². The van der Waals surface area contributed by atoms with E-state index in [1.54, 1.807) is 0 Å². The van der Waals surface area contributed by atoms with Crippen molar-refractivity contribution in [2.45, 2.75) is 24.1 Å². The van der Waals surface area contributed by atoms with Crippen molar-refractivity contribution in [1.29, 1.82) is 5.26 Å². The highest BCUT2D eigenvalue weighted by Gasteiger charge is 2.51. The zero-order valence-electron chi connectivity index (χ0n) is 16.7. The van der Waals surface area contributed by atoms with E-state index >= 15 is 0 Å². The second-order valence-electron chi connectivity index (χ2n) is 7.71. The second-order valence-corrected chi connectivity index (χ2v) is 10.2. The van der Waals surface area contributed by atoms with Crippen LogP contribution in [0.1, 0.15) is 36.2 Å². The van der Waals surface area contributed by atoms with E-state index in [0.29, 0.717) is 0 Å². The molecule has 1 atom stereocenters. The molecule has 2 aromatic rings. The number of benzene rings is 1. The van der Waals surface area contributed by atoms with Gasteiger partial charge in [0, 0.05) is 11.8 Å². The Morgan fingerprint density at radius 2 is 2.03 bits per heavy atom. The Labute approximate surface area is 177 Å². The third-order valence-electron chi connectivity index (χ3n) is 5.30. The quantitative estimate of drug-likeness (QED) is 0.772. The van der Waals surface area contributed by atoms with Gasteiger partial charge in [-0.3, -0.25) is 9.98 Å². The number of alkyl halides is 1. The van der Waals surface area contributed by atoms with Crippen molar-refractivity contribution in [3.05, 3.63) is 64.7 Å². The summed E-state index contributed by atoms with van der Waals surface area (Å²) in [5.74, 6) is -2.78. The highest BCUT2D eigenvalue weighted by molar-refractivity contribution is 7.93. The summed E-state index contributed by atoms with van der Waals surface area (Å²) >= 11 is 0. The minimum atomic E-state index is -3.97. The summed E-state index contributed by atoms with van der Waals surface area (Å²) in [5, 5.41) is 8.79. The lowest BCUT2D eigenvalue weighted by Crippen LogP contribution is -2.56. The third-order valence-corrected chi connectivity index (χ3v) is 7.92. The second kappa shape index (κ2) is 7.81. The van der Waals surface area contributed by atoms with E-state index < -0.39 is 44.2 Å². The van der Waals surface area contributed by atoms with Gasteiger partial charge in [0.25, 0.3) is 0 Å². The van der Waals surface area contributed by atoms with Crippen LogP contribution in [-0.2, 0) is 15.4 Å². The summed E-state index contributed by atoms with van der Waals surface area (Å²) in [5.41, 5.74) is 3.74. The van der Waals surface area contributed by atoms with Gasteiger partial charge >= 0.3 is 0 Å². The number of nitrogens with zero attached hydrogens (tertiary/aromatic N) is 3. The van der Waals surface area contributed by atoms with Crippen LogP contribution in [0.15, 0.2) is 41.5 Å².